The van der Waals surface area contributed by atoms with Crippen molar-refractivity contribution in [3.63, 3.8) is 0 Å². The zero-order valence-corrected chi connectivity index (χ0v) is 27.2. The topological polar surface area (TPSA) is 51.6 Å². The molecular formula is C44H29ClN4. The van der Waals surface area contributed by atoms with Gasteiger partial charge in [0.15, 0.2) is 17.5 Å². The van der Waals surface area contributed by atoms with Crippen LogP contribution in [0.2, 0.25) is 5.02 Å². The van der Waals surface area contributed by atoms with Crippen LogP contribution >= 0.6 is 11.6 Å². The molecule has 0 unspecified atom stereocenters. The number of hydrogen-bond acceptors (Lipinski definition) is 4. The maximum absolute atomic E-state index is 6.21. The molecule has 8 aromatic rings. The molecule has 0 aliphatic rings. The van der Waals surface area contributed by atoms with E-state index in [1.165, 1.54) is 0 Å². The fourth-order valence-electron chi connectivity index (χ4n) is 5.85. The second-order valence-corrected chi connectivity index (χ2v) is 12.1. The summed E-state index contributed by atoms with van der Waals surface area (Å²) in [5.41, 5.74) is 11.1. The Kier molecular flexibility index (Phi) is 8.29. The molecule has 0 saturated carbocycles. The first-order valence-corrected chi connectivity index (χ1v) is 16.5. The maximum atomic E-state index is 6.21. The molecule has 0 spiro atoms. The summed E-state index contributed by atoms with van der Waals surface area (Å²) in [6.45, 7) is 0. The molecule has 0 amide bonds. The van der Waals surface area contributed by atoms with E-state index in [1.54, 1.807) is 0 Å². The number of rotatable bonds is 7. The summed E-state index contributed by atoms with van der Waals surface area (Å²) in [5, 5.41) is 0.700. The maximum Gasteiger partial charge on any atom is 0.164 e. The summed E-state index contributed by atoms with van der Waals surface area (Å²) in [4.78, 5) is 19.7. The summed E-state index contributed by atoms with van der Waals surface area (Å²) in [7, 11) is 0. The molecule has 49 heavy (non-hydrogen) atoms. The van der Waals surface area contributed by atoms with Gasteiger partial charge in [0.2, 0.25) is 0 Å². The Hall–Kier alpha value is -6.23. The molecule has 2 heterocycles. The lowest BCUT2D eigenvalue weighted by atomic mass is 9.97. The van der Waals surface area contributed by atoms with Crippen LogP contribution in [0.3, 0.4) is 0 Å². The highest BCUT2D eigenvalue weighted by Gasteiger charge is 2.14. The Balaban J connectivity index is 1.16. The zero-order valence-electron chi connectivity index (χ0n) is 26.4. The largest absolute Gasteiger partial charge is 0.248 e. The molecule has 5 heteroatoms. The third-order valence-corrected chi connectivity index (χ3v) is 8.66. The normalized spacial score (nSPS) is 11.0. The first-order valence-electron chi connectivity index (χ1n) is 16.1. The van der Waals surface area contributed by atoms with Crippen molar-refractivity contribution < 1.29 is 0 Å². The zero-order chi connectivity index (χ0) is 33.0. The predicted molar refractivity (Wildman–Crippen MR) is 201 cm³/mol. The standard InChI is InChI=1S/C44H29ClN4/c45-39-25-23-32(24-26-39)40-28-38(30-11-4-1-5-12-30)29-41(46-40)37-18-10-17-36(27-37)31-19-21-35(22-20-31)44-48-42(33-13-6-2-7-14-33)47-43(49-44)34-15-8-3-9-16-34/h1-29H. The summed E-state index contributed by atoms with van der Waals surface area (Å²) >= 11 is 6.21. The number of nitrogens with zero attached hydrogens (tertiary/aromatic N) is 4. The monoisotopic (exact) mass is 648 g/mol. The van der Waals surface area contributed by atoms with Crippen LogP contribution in [0.4, 0.5) is 0 Å². The smallest absolute Gasteiger partial charge is 0.164 e. The van der Waals surface area contributed by atoms with E-state index >= 15 is 0 Å². The minimum Gasteiger partial charge on any atom is -0.248 e. The minimum absolute atomic E-state index is 0.629. The molecule has 0 fully saturated rings. The van der Waals surface area contributed by atoms with Gasteiger partial charge in [0.05, 0.1) is 11.4 Å². The summed E-state index contributed by atoms with van der Waals surface area (Å²) in [6, 6.07) is 59.5. The van der Waals surface area contributed by atoms with Crippen molar-refractivity contribution in [2.24, 2.45) is 0 Å². The lowest BCUT2D eigenvalue weighted by Crippen LogP contribution is -2.00. The van der Waals surface area contributed by atoms with Crippen molar-refractivity contribution in [1.82, 2.24) is 19.9 Å². The number of benzene rings is 6. The molecule has 0 aliphatic carbocycles. The molecule has 232 valence electrons. The molecule has 0 aliphatic heterocycles. The van der Waals surface area contributed by atoms with Gasteiger partial charge in [-0.3, -0.25) is 0 Å². The van der Waals surface area contributed by atoms with Crippen LogP contribution in [0.15, 0.2) is 176 Å². The van der Waals surface area contributed by atoms with Gasteiger partial charge in [0, 0.05) is 32.8 Å². The molecular weight excluding hydrogens is 620 g/mol. The van der Waals surface area contributed by atoms with E-state index in [1.807, 2.05) is 91.0 Å². The Morgan fingerprint density at radius 1 is 0.265 bits per heavy atom. The number of aromatic nitrogens is 4. The highest BCUT2D eigenvalue weighted by molar-refractivity contribution is 6.30. The van der Waals surface area contributed by atoms with Crippen molar-refractivity contribution in [2.45, 2.75) is 0 Å². The first kappa shape index (κ1) is 30.1. The third-order valence-electron chi connectivity index (χ3n) is 8.41. The SMILES string of the molecule is Clc1ccc(-c2cc(-c3ccccc3)cc(-c3cccc(-c4ccc(-c5nc(-c6ccccc6)nc(-c6ccccc6)n5)cc4)c3)n2)cc1. The fraction of sp³-hybridized carbons (Fsp3) is 0. The van der Waals surface area contributed by atoms with Gasteiger partial charge < -0.3 is 0 Å². The van der Waals surface area contributed by atoms with Gasteiger partial charge >= 0.3 is 0 Å². The number of halogens is 1. The van der Waals surface area contributed by atoms with Gasteiger partial charge in [-0.1, -0.05) is 157 Å². The van der Waals surface area contributed by atoms with E-state index in [0.717, 1.165) is 61.5 Å². The van der Waals surface area contributed by atoms with Crippen LogP contribution in [-0.2, 0) is 0 Å². The van der Waals surface area contributed by atoms with Gasteiger partial charge in [-0.25, -0.2) is 19.9 Å². The summed E-state index contributed by atoms with van der Waals surface area (Å²) in [6.07, 6.45) is 0. The van der Waals surface area contributed by atoms with Crippen LogP contribution in [0.25, 0.3) is 78.9 Å². The molecule has 6 aromatic carbocycles. The number of hydrogen-bond donors (Lipinski definition) is 0. The second-order valence-electron chi connectivity index (χ2n) is 11.7. The predicted octanol–water partition coefficient (Wildman–Crippen LogP) is 11.6. The van der Waals surface area contributed by atoms with Crippen molar-refractivity contribution in [1.29, 1.82) is 0 Å². The lowest BCUT2D eigenvalue weighted by Gasteiger charge is -2.12. The number of pyridine rings is 1. The Bertz CT molecular complexity index is 2300. The summed E-state index contributed by atoms with van der Waals surface area (Å²) in [5.74, 6) is 1.92. The molecule has 0 atom stereocenters. The van der Waals surface area contributed by atoms with Gasteiger partial charge in [-0.15, -0.1) is 0 Å². The van der Waals surface area contributed by atoms with Crippen molar-refractivity contribution >= 4 is 11.6 Å². The van der Waals surface area contributed by atoms with Crippen LogP contribution in [-0.4, -0.2) is 19.9 Å². The van der Waals surface area contributed by atoms with Crippen LogP contribution in [0, 0.1) is 0 Å². The van der Waals surface area contributed by atoms with E-state index in [2.05, 4.69) is 84.9 Å². The molecule has 0 N–H and O–H groups in total. The van der Waals surface area contributed by atoms with E-state index in [4.69, 9.17) is 31.5 Å². The molecule has 0 bridgehead atoms. The second kappa shape index (κ2) is 13.5. The van der Waals surface area contributed by atoms with Crippen molar-refractivity contribution in [3.05, 3.63) is 181 Å². The molecule has 0 saturated heterocycles. The van der Waals surface area contributed by atoms with Gasteiger partial charge in [0.25, 0.3) is 0 Å². The Morgan fingerprint density at radius 2 is 0.653 bits per heavy atom. The highest BCUT2D eigenvalue weighted by atomic mass is 35.5. The van der Waals surface area contributed by atoms with E-state index in [-0.39, 0.29) is 0 Å². The Morgan fingerprint density at radius 3 is 1.20 bits per heavy atom. The average Bonchev–Trinajstić information content (AvgIpc) is 3.19. The minimum atomic E-state index is 0.629. The quantitative estimate of drug-likeness (QED) is 0.172. The van der Waals surface area contributed by atoms with Crippen LogP contribution in [0.1, 0.15) is 0 Å². The van der Waals surface area contributed by atoms with Gasteiger partial charge in [-0.2, -0.15) is 0 Å². The first-order chi connectivity index (χ1) is 24.2. The van der Waals surface area contributed by atoms with Crippen LogP contribution in [0.5, 0.6) is 0 Å². The molecule has 2 aromatic heterocycles. The molecule has 4 nitrogen and oxygen atoms in total. The van der Waals surface area contributed by atoms with E-state index < -0.39 is 0 Å². The highest BCUT2D eigenvalue weighted by Crippen LogP contribution is 2.33. The Labute approximate surface area is 290 Å². The molecule has 0 radical (unpaired) electrons. The molecule has 8 rings (SSSR count). The van der Waals surface area contributed by atoms with E-state index in [9.17, 15) is 0 Å². The third kappa shape index (κ3) is 6.64. The lowest BCUT2D eigenvalue weighted by molar-refractivity contribution is 1.07. The van der Waals surface area contributed by atoms with Crippen LogP contribution < -0.4 is 0 Å². The van der Waals surface area contributed by atoms with E-state index in [0.29, 0.717) is 22.5 Å². The average molecular weight is 649 g/mol. The van der Waals surface area contributed by atoms with Crippen molar-refractivity contribution in [2.75, 3.05) is 0 Å². The summed E-state index contributed by atoms with van der Waals surface area (Å²) < 4.78 is 0. The van der Waals surface area contributed by atoms with Gasteiger partial charge in [0.1, 0.15) is 0 Å². The van der Waals surface area contributed by atoms with Crippen molar-refractivity contribution in [3.8, 4) is 78.9 Å². The van der Waals surface area contributed by atoms with Gasteiger partial charge in [-0.05, 0) is 52.6 Å². The fourth-order valence-corrected chi connectivity index (χ4v) is 5.98.